The number of hydrogen-bond donors (Lipinski definition) is 1. The molecular weight excluding hydrogens is 268 g/mol. The van der Waals surface area contributed by atoms with Crippen LogP contribution in [-0.2, 0) is 6.54 Å². The lowest BCUT2D eigenvalue weighted by Crippen LogP contribution is -2.22. The Bertz CT molecular complexity index is 726. The van der Waals surface area contributed by atoms with Crippen LogP contribution < -0.4 is 5.32 Å². The van der Waals surface area contributed by atoms with Crippen molar-refractivity contribution in [2.24, 2.45) is 0 Å². The van der Waals surface area contributed by atoms with Gasteiger partial charge in [0, 0.05) is 23.5 Å². The first-order valence-corrected chi connectivity index (χ1v) is 6.39. The Morgan fingerprint density at radius 3 is 2.57 bits per heavy atom. The van der Waals surface area contributed by atoms with E-state index in [1.54, 1.807) is 24.5 Å². The highest BCUT2D eigenvalue weighted by Gasteiger charge is 2.10. The minimum Gasteiger partial charge on any atom is -0.419 e. The van der Waals surface area contributed by atoms with Crippen LogP contribution in [0.5, 0.6) is 0 Å². The summed E-state index contributed by atoms with van der Waals surface area (Å²) in [6.07, 6.45) is 3.13. The van der Waals surface area contributed by atoms with Gasteiger partial charge in [0.25, 0.3) is 5.91 Å². The van der Waals surface area contributed by atoms with Crippen molar-refractivity contribution in [3.05, 3.63) is 66.3 Å². The molecule has 0 aliphatic rings. The van der Waals surface area contributed by atoms with E-state index in [4.69, 9.17) is 4.42 Å². The molecule has 6 heteroatoms. The van der Waals surface area contributed by atoms with Gasteiger partial charge >= 0.3 is 0 Å². The molecule has 2 aromatic heterocycles. The molecule has 0 fully saturated rings. The molecule has 21 heavy (non-hydrogen) atoms. The number of amides is 1. The third kappa shape index (κ3) is 3.11. The molecule has 0 unspecified atom stereocenters. The van der Waals surface area contributed by atoms with E-state index >= 15 is 0 Å². The Hall–Kier alpha value is -3.02. The summed E-state index contributed by atoms with van der Waals surface area (Å²) in [5.74, 6) is 0.580. The largest absolute Gasteiger partial charge is 0.419 e. The van der Waals surface area contributed by atoms with Crippen LogP contribution in [0.2, 0.25) is 0 Å². The van der Waals surface area contributed by atoms with Crippen LogP contribution in [0.1, 0.15) is 16.2 Å². The van der Waals surface area contributed by atoms with Crippen molar-refractivity contribution in [1.82, 2.24) is 20.5 Å². The van der Waals surface area contributed by atoms with Gasteiger partial charge in [-0.3, -0.25) is 9.78 Å². The Balaban J connectivity index is 1.64. The Labute approximate surface area is 120 Å². The lowest BCUT2D eigenvalue weighted by Gasteiger charge is -2.01. The molecule has 1 N–H and O–H groups in total. The van der Waals surface area contributed by atoms with Gasteiger partial charge in [-0.2, -0.15) is 0 Å². The van der Waals surface area contributed by atoms with E-state index in [2.05, 4.69) is 20.5 Å². The summed E-state index contributed by atoms with van der Waals surface area (Å²) in [6.45, 7) is 0.182. The zero-order valence-corrected chi connectivity index (χ0v) is 11.1. The average Bonchev–Trinajstić information content (AvgIpc) is 3.03. The van der Waals surface area contributed by atoms with E-state index in [9.17, 15) is 4.79 Å². The van der Waals surface area contributed by atoms with Gasteiger partial charge in [0.05, 0.1) is 6.54 Å². The fourth-order valence-electron chi connectivity index (χ4n) is 1.78. The Morgan fingerprint density at radius 1 is 1.05 bits per heavy atom. The summed E-state index contributed by atoms with van der Waals surface area (Å²) in [5, 5.41) is 10.6. The zero-order valence-electron chi connectivity index (χ0n) is 11.1. The fraction of sp³-hybridized carbons (Fsp3) is 0.0667. The molecule has 0 radical (unpaired) electrons. The van der Waals surface area contributed by atoms with E-state index < -0.39 is 0 Å². The first kappa shape index (κ1) is 13.0. The number of nitrogens with zero attached hydrogens (tertiary/aromatic N) is 3. The van der Waals surface area contributed by atoms with Gasteiger partial charge in [-0.15, -0.1) is 10.2 Å². The molecule has 104 valence electrons. The molecule has 0 saturated heterocycles. The number of carbonyl (C=O) groups excluding carboxylic acids is 1. The quantitative estimate of drug-likeness (QED) is 0.791. The number of hydrogen-bond acceptors (Lipinski definition) is 5. The van der Waals surface area contributed by atoms with Crippen molar-refractivity contribution >= 4 is 5.91 Å². The maximum Gasteiger partial charge on any atom is 0.251 e. The number of pyridine rings is 1. The zero-order chi connectivity index (χ0) is 14.5. The van der Waals surface area contributed by atoms with Gasteiger partial charge in [-0.05, 0) is 24.3 Å². The van der Waals surface area contributed by atoms with Crippen LogP contribution >= 0.6 is 0 Å². The van der Waals surface area contributed by atoms with Gasteiger partial charge in [0.1, 0.15) is 0 Å². The van der Waals surface area contributed by atoms with Gasteiger partial charge in [-0.1, -0.05) is 18.2 Å². The SMILES string of the molecule is O=C(NCc1nnc(-c2ccccc2)o1)c1ccncc1. The van der Waals surface area contributed by atoms with Crippen molar-refractivity contribution in [1.29, 1.82) is 0 Å². The third-order valence-corrected chi connectivity index (χ3v) is 2.83. The molecule has 0 saturated carbocycles. The summed E-state index contributed by atoms with van der Waals surface area (Å²) < 4.78 is 5.51. The van der Waals surface area contributed by atoms with Crippen LogP contribution in [0.15, 0.2) is 59.3 Å². The second kappa shape index (κ2) is 5.96. The van der Waals surface area contributed by atoms with Crippen LogP contribution in [0, 0.1) is 0 Å². The smallest absolute Gasteiger partial charge is 0.251 e. The summed E-state index contributed by atoms with van der Waals surface area (Å²) in [4.78, 5) is 15.7. The highest BCUT2D eigenvalue weighted by atomic mass is 16.4. The van der Waals surface area contributed by atoms with Gasteiger partial charge in [-0.25, -0.2) is 0 Å². The number of aromatic nitrogens is 3. The minimum atomic E-state index is -0.211. The van der Waals surface area contributed by atoms with E-state index in [1.807, 2.05) is 30.3 Å². The predicted octanol–water partition coefficient (Wildman–Crippen LogP) is 2.06. The summed E-state index contributed by atoms with van der Waals surface area (Å²) >= 11 is 0. The molecule has 2 heterocycles. The van der Waals surface area contributed by atoms with E-state index in [-0.39, 0.29) is 12.5 Å². The minimum absolute atomic E-state index is 0.182. The van der Waals surface area contributed by atoms with E-state index in [1.165, 1.54) is 0 Å². The fourth-order valence-corrected chi connectivity index (χ4v) is 1.78. The Kier molecular flexibility index (Phi) is 3.68. The van der Waals surface area contributed by atoms with Crippen molar-refractivity contribution in [3.8, 4) is 11.5 Å². The number of nitrogens with one attached hydrogen (secondary N) is 1. The number of carbonyl (C=O) groups is 1. The van der Waals surface area contributed by atoms with Crippen molar-refractivity contribution in [3.63, 3.8) is 0 Å². The molecule has 3 rings (SSSR count). The summed E-state index contributed by atoms with van der Waals surface area (Å²) in [7, 11) is 0. The van der Waals surface area contributed by atoms with Crippen LogP contribution in [0.4, 0.5) is 0 Å². The first-order chi connectivity index (χ1) is 10.3. The van der Waals surface area contributed by atoms with Crippen LogP contribution in [-0.4, -0.2) is 21.1 Å². The maximum absolute atomic E-state index is 11.9. The molecule has 0 bridgehead atoms. The lowest BCUT2D eigenvalue weighted by atomic mass is 10.2. The van der Waals surface area contributed by atoms with Crippen LogP contribution in [0.3, 0.4) is 0 Å². The topological polar surface area (TPSA) is 80.9 Å². The summed E-state index contributed by atoms with van der Waals surface area (Å²) in [5.41, 5.74) is 1.38. The lowest BCUT2D eigenvalue weighted by molar-refractivity contribution is 0.0947. The average molecular weight is 280 g/mol. The van der Waals surface area contributed by atoms with Crippen molar-refractivity contribution in [2.75, 3.05) is 0 Å². The second-order valence-corrected chi connectivity index (χ2v) is 4.29. The number of rotatable bonds is 4. The van der Waals surface area contributed by atoms with Crippen molar-refractivity contribution in [2.45, 2.75) is 6.54 Å². The molecule has 0 aliphatic carbocycles. The van der Waals surface area contributed by atoms with E-state index in [0.717, 1.165) is 5.56 Å². The number of benzene rings is 1. The van der Waals surface area contributed by atoms with Crippen molar-refractivity contribution < 1.29 is 9.21 Å². The molecule has 0 spiro atoms. The maximum atomic E-state index is 11.9. The molecule has 0 aliphatic heterocycles. The van der Waals surface area contributed by atoms with E-state index in [0.29, 0.717) is 17.3 Å². The normalized spacial score (nSPS) is 10.3. The molecular formula is C15H12N4O2. The molecule has 1 amide bonds. The van der Waals surface area contributed by atoms with Crippen LogP contribution in [0.25, 0.3) is 11.5 Å². The monoisotopic (exact) mass is 280 g/mol. The highest BCUT2D eigenvalue weighted by Crippen LogP contribution is 2.16. The standard InChI is InChI=1S/C15H12N4O2/c20-14(11-6-8-16-9-7-11)17-10-13-18-19-15(21-13)12-4-2-1-3-5-12/h1-9H,10H2,(H,17,20). The molecule has 0 atom stereocenters. The van der Waals surface area contributed by atoms with Gasteiger partial charge < -0.3 is 9.73 Å². The predicted molar refractivity (Wildman–Crippen MR) is 75.1 cm³/mol. The second-order valence-electron chi connectivity index (χ2n) is 4.29. The third-order valence-electron chi connectivity index (χ3n) is 2.83. The highest BCUT2D eigenvalue weighted by molar-refractivity contribution is 5.93. The Morgan fingerprint density at radius 2 is 1.81 bits per heavy atom. The molecule has 3 aromatic rings. The summed E-state index contributed by atoms with van der Waals surface area (Å²) in [6, 6.07) is 12.7. The molecule has 6 nitrogen and oxygen atoms in total. The van der Waals surface area contributed by atoms with Gasteiger partial charge in [0.2, 0.25) is 11.8 Å². The van der Waals surface area contributed by atoms with Gasteiger partial charge in [0.15, 0.2) is 0 Å². The first-order valence-electron chi connectivity index (χ1n) is 6.39. The molecule has 1 aromatic carbocycles.